The highest BCUT2D eigenvalue weighted by atomic mass is 32.2. The summed E-state index contributed by atoms with van der Waals surface area (Å²) in [7, 11) is -1.12. The Bertz CT molecular complexity index is 1320. The minimum absolute atomic E-state index is 0.0238. The molecule has 1 saturated heterocycles. The highest BCUT2D eigenvalue weighted by Crippen LogP contribution is 2.31. The predicted molar refractivity (Wildman–Crippen MR) is 152 cm³/mol. The number of carbonyl (C=O) groups excluding carboxylic acids is 2. The van der Waals surface area contributed by atoms with Gasteiger partial charge in [-0.3, -0.25) is 9.00 Å². The molecular weight excluding hydrogens is 496 g/mol. The van der Waals surface area contributed by atoms with Crippen LogP contribution in [-0.4, -0.2) is 46.1 Å². The minimum Gasteiger partial charge on any atom is -0.444 e. The molecule has 6 nitrogen and oxygen atoms in total. The quantitative estimate of drug-likeness (QED) is 0.414. The number of amides is 2. The number of ether oxygens (including phenoxy) is 1. The lowest BCUT2D eigenvalue weighted by atomic mass is 9.88. The van der Waals surface area contributed by atoms with E-state index in [0.717, 1.165) is 34.4 Å². The predicted octanol–water partition coefficient (Wildman–Crippen LogP) is 6.14. The topological polar surface area (TPSA) is 75.7 Å². The van der Waals surface area contributed by atoms with Crippen LogP contribution in [0.3, 0.4) is 0 Å². The molecule has 38 heavy (non-hydrogen) atoms. The maximum Gasteiger partial charge on any atom is 0.407 e. The number of likely N-dealkylation sites (tertiary alicyclic amines) is 1. The normalized spacial score (nSPS) is 15.1. The molecule has 0 spiro atoms. The van der Waals surface area contributed by atoms with Gasteiger partial charge in [0.05, 0.1) is 10.8 Å². The molecule has 200 valence electrons. The van der Waals surface area contributed by atoms with E-state index in [-0.39, 0.29) is 5.91 Å². The fourth-order valence-electron chi connectivity index (χ4n) is 4.82. The van der Waals surface area contributed by atoms with Crippen molar-refractivity contribution in [3.05, 3.63) is 89.5 Å². The fraction of sp³-hybridized carbons (Fsp3) is 0.355. The maximum absolute atomic E-state index is 13.4. The molecule has 1 heterocycles. The molecule has 4 rings (SSSR count). The first kappa shape index (κ1) is 27.6. The highest BCUT2D eigenvalue weighted by molar-refractivity contribution is 7.84. The second kappa shape index (κ2) is 11.9. The number of hydrogen-bond donors (Lipinski definition) is 1. The number of nitrogens with zero attached hydrogens (tertiary/aromatic N) is 1. The minimum atomic E-state index is -1.12. The number of carbonyl (C=O) groups is 2. The van der Waals surface area contributed by atoms with Gasteiger partial charge in [0.2, 0.25) is 0 Å². The number of alkyl carbamates (subject to hydrolysis) is 1. The zero-order valence-corrected chi connectivity index (χ0v) is 23.3. The van der Waals surface area contributed by atoms with E-state index in [1.165, 1.54) is 5.56 Å². The van der Waals surface area contributed by atoms with Crippen molar-refractivity contribution in [1.29, 1.82) is 0 Å². The van der Waals surface area contributed by atoms with Gasteiger partial charge < -0.3 is 15.0 Å². The summed E-state index contributed by atoms with van der Waals surface area (Å²) < 4.78 is 17.5. The van der Waals surface area contributed by atoms with Crippen LogP contribution in [0, 0.1) is 0 Å². The molecular formula is C31H36N2O4S. The molecule has 1 atom stereocenters. The second-order valence-corrected chi connectivity index (χ2v) is 12.0. The average Bonchev–Trinajstić information content (AvgIpc) is 2.91. The summed E-state index contributed by atoms with van der Waals surface area (Å²) in [5.41, 5.74) is 4.16. The van der Waals surface area contributed by atoms with E-state index in [1.54, 1.807) is 6.26 Å². The van der Waals surface area contributed by atoms with Crippen molar-refractivity contribution in [2.75, 3.05) is 19.3 Å². The van der Waals surface area contributed by atoms with Crippen LogP contribution in [0.15, 0.2) is 77.7 Å². The molecule has 0 saturated carbocycles. The first-order valence-corrected chi connectivity index (χ1v) is 14.5. The molecule has 1 N–H and O–H groups in total. The van der Waals surface area contributed by atoms with E-state index < -0.39 is 22.5 Å². The molecule has 0 bridgehead atoms. The third kappa shape index (κ3) is 7.10. The molecule has 7 heteroatoms. The molecule has 0 aromatic heterocycles. The first-order valence-electron chi connectivity index (χ1n) is 13.0. The molecule has 1 fully saturated rings. The van der Waals surface area contributed by atoms with Gasteiger partial charge in [0.1, 0.15) is 5.60 Å². The van der Waals surface area contributed by atoms with E-state index in [0.29, 0.717) is 31.1 Å². The van der Waals surface area contributed by atoms with Gasteiger partial charge in [-0.1, -0.05) is 54.6 Å². The summed E-state index contributed by atoms with van der Waals surface area (Å²) in [5.74, 6) is 0.383. The molecule has 3 aromatic rings. The zero-order chi connectivity index (χ0) is 27.3. The number of nitrogens with one attached hydrogen (secondary N) is 1. The Morgan fingerprint density at radius 2 is 1.68 bits per heavy atom. The van der Waals surface area contributed by atoms with Crippen LogP contribution < -0.4 is 5.32 Å². The SMILES string of the molecule is CS(=O)c1ccccc1-c1cccc(C(=O)N2CCC(c3cccc(CNC(=O)OC(C)(C)C)c3)CC2)c1. The number of rotatable bonds is 6. The Balaban J connectivity index is 1.38. The van der Waals surface area contributed by atoms with Crippen LogP contribution in [0.4, 0.5) is 4.79 Å². The van der Waals surface area contributed by atoms with Gasteiger partial charge in [0.15, 0.2) is 0 Å². The summed E-state index contributed by atoms with van der Waals surface area (Å²) in [6.45, 7) is 7.31. The lowest BCUT2D eigenvalue weighted by Gasteiger charge is -2.32. The van der Waals surface area contributed by atoms with Crippen LogP contribution in [0.2, 0.25) is 0 Å². The molecule has 0 aliphatic carbocycles. The molecule has 1 unspecified atom stereocenters. The van der Waals surface area contributed by atoms with E-state index in [9.17, 15) is 13.8 Å². The van der Waals surface area contributed by atoms with E-state index in [1.807, 2.05) is 86.3 Å². The lowest BCUT2D eigenvalue weighted by molar-refractivity contribution is 0.0523. The van der Waals surface area contributed by atoms with Crippen molar-refractivity contribution in [3.8, 4) is 11.1 Å². The van der Waals surface area contributed by atoms with Crippen LogP contribution in [-0.2, 0) is 22.1 Å². The molecule has 3 aromatic carbocycles. The Morgan fingerprint density at radius 1 is 0.974 bits per heavy atom. The van der Waals surface area contributed by atoms with Crippen LogP contribution in [0.25, 0.3) is 11.1 Å². The van der Waals surface area contributed by atoms with Gasteiger partial charge >= 0.3 is 6.09 Å². The fourth-order valence-corrected chi connectivity index (χ4v) is 5.59. The molecule has 0 radical (unpaired) electrons. The van der Waals surface area contributed by atoms with Crippen molar-refractivity contribution >= 4 is 22.8 Å². The van der Waals surface area contributed by atoms with Gasteiger partial charge in [-0.05, 0) is 80.0 Å². The third-order valence-electron chi connectivity index (χ3n) is 6.66. The lowest BCUT2D eigenvalue weighted by Crippen LogP contribution is -2.38. The Hall–Kier alpha value is -3.45. The Kier molecular flexibility index (Phi) is 8.67. The maximum atomic E-state index is 13.4. The van der Waals surface area contributed by atoms with Crippen molar-refractivity contribution in [3.63, 3.8) is 0 Å². The van der Waals surface area contributed by atoms with Crippen molar-refractivity contribution in [2.24, 2.45) is 0 Å². The van der Waals surface area contributed by atoms with Gasteiger partial charge in [-0.15, -0.1) is 0 Å². The van der Waals surface area contributed by atoms with Crippen molar-refractivity contribution in [2.45, 2.75) is 56.6 Å². The smallest absolute Gasteiger partial charge is 0.407 e. The zero-order valence-electron chi connectivity index (χ0n) is 22.5. The van der Waals surface area contributed by atoms with Crippen LogP contribution >= 0.6 is 0 Å². The van der Waals surface area contributed by atoms with Crippen molar-refractivity contribution in [1.82, 2.24) is 10.2 Å². The molecule has 1 aliphatic heterocycles. The number of benzene rings is 3. The molecule has 2 amide bonds. The van der Waals surface area contributed by atoms with E-state index >= 15 is 0 Å². The van der Waals surface area contributed by atoms with E-state index in [2.05, 4.69) is 17.4 Å². The van der Waals surface area contributed by atoms with Crippen LogP contribution in [0.1, 0.15) is 61.0 Å². The summed E-state index contributed by atoms with van der Waals surface area (Å²) in [4.78, 5) is 28.0. The van der Waals surface area contributed by atoms with Gasteiger partial charge in [0, 0.05) is 36.3 Å². The summed E-state index contributed by atoms with van der Waals surface area (Å²) >= 11 is 0. The van der Waals surface area contributed by atoms with Gasteiger partial charge in [-0.2, -0.15) is 0 Å². The second-order valence-electron chi connectivity index (χ2n) is 10.7. The van der Waals surface area contributed by atoms with Gasteiger partial charge in [-0.25, -0.2) is 4.79 Å². The monoisotopic (exact) mass is 532 g/mol. The standard InChI is InChI=1S/C31H36N2O4S/c1-31(2,3)37-30(35)32-21-22-9-7-10-24(19-22)23-15-17-33(18-16-23)29(34)26-12-8-11-25(20-26)27-13-5-6-14-28(27)38(4)36/h5-14,19-20,23H,15-18,21H2,1-4H3,(H,32,35). The van der Waals surface area contributed by atoms with Crippen LogP contribution in [0.5, 0.6) is 0 Å². The number of hydrogen-bond acceptors (Lipinski definition) is 4. The Labute approximate surface area is 227 Å². The van der Waals surface area contributed by atoms with Gasteiger partial charge in [0.25, 0.3) is 5.91 Å². The Morgan fingerprint density at radius 3 is 2.39 bits per heavy atom. The summed E-state index contributed by atoms with van der Waals surface area (Å²) in [6, 6.07) is 23.5. The van der Waals surface area contributed by atoms with Crippen molar-refractivity contribution < 1.29 is 18.5 Å². The van der Waals surface area contributed by atoms with E-state index in [4.69, 9.17) is 4.74 Å². The third-order valence-corrected chi connectivity index (χ3v) is 7.63. The highest BCUT2D eigenvalue weighted by Gasteiger charge is 2.25. The first-order chi connectivity index (χ1) is 18.1. The summed E-state index contributed by atoms with van der Waals surface area (Å²) in [6.07, 6.45) is 3.01. The average molecular weight is 533 g/mol. The summed E-state index contributed by atoms with van der Waals surface area (Å²) in [5, 5.41) is 2.82. The number of piperidine rings is 1. The molecule has 1 aliphatic rings. The largest absolute Gasteiger partial charge is 0.444 e.